The van der Waals surface area contributed by atoms with Gasteiger partial charge in [0.2, 0.25) is 0 Å². The van der Waals surface area contributed by atoms with E-state index in [-0.39, 0.29) is 5.91 Å². The first-order chi connectivity index (χ1) is 9.10. The first kappa shape index (κ1) is 13.9. The van der Waals surface area contributed by atoms with Crippen LogP contribution >= 0.6 is 22.9 Å². The van der Waals surface area contributed by atoms with Gasteiger partial charge < -0.3 is 10.6 Å². The predicted octanol–water partition coefficient (Wildman–Crippen LogP) is 3.79. The number of anilines is 1. The zero-order valence-electron chi connectivity index (χ0n) is 10.6. The topological polar surface area (TPSA) is 46.3 Å². The van der Waals surface area contributed by atoms with E-state index in [0.29, 0.717) is 28.7 Å². The lowest BCUT2D eigenvalue weighted by molar-refractivity contribution is 0.0788. The number of halogens is 1. The van der Waals surface area contributed by atoms with E-state index in [1.807, 2.05) is 19.1 Å². The highest BCUT2D eigenvalue weighted by molar-refractivity contribution is 7.21. The van der Waals surface area contributed by atoms with Crippen LogP contribution in [0.2, 0.25) is 5.02 Å². The third kappa shape index (κ3) is 2.46. The van der Waals surface area contributed by atoms with Crippen molar-refractivity contribution in [3.63, 3.8) is 0 Å². The van der Waals surface area contributed by atoms with Crippen molar-refractivity contribution in [1.29, 1.82) is 0 Å². The summed E-state index contributed by atoms with van der Waals surface area (Å²) in [6.07, 6.45) is 1.71. The SMILES string of the molecule is C=CCN(CC)C(=O)c1sc2cccc(Cl)c2c1N. The highest BCUT2D eigenvalue weighted by atomic mass is 35.5. The van der Waals surface area contributed by atoms with Gasteiger partial charge >= 0.3 is 0 Å². The number of nitrogens with zero attached hydrogens (tertiary/aromatic N) is 1. The molecule has 0 bridgehead atoms. The Morgan fingerprint density at radius 2 is 2.32 bits per heavy atom. The molecule has 0 radical (unpaired) electrons. The Morgan fingerprint density at radius 3 is 2.89 bits per heavy atom. The van der Waals surface area contributed by atoms with Gasteiger partial charge in [-0.15, -0.1) is 17.9 Å². The van der Waals surface area contributed by atoms with E-state index in [2.05, 4.69) is 6.58 Å². The van der Waals surface area contributed by atoms with Crippen LogP contribution in [0.3, 0.4) is 0 Å². The maximum Gasteiger partial charge on any atom is 0.266 e. The number of hydrogen-bond acceptors (Lipinski definition) is 3. The second-order valence-electron chi connectivity index (χ2n) is 4.09. The summed E-state index contributed by atoms with van der Waals surface area (Å²) < 4.78 is 0.933. The van der Waals surface area contributed by atoms with Gasteiger partial charge in [0.15, 0.2) is 0 Å². The first-order valence-electron chi connectivity index (χ1n) is 5.96. The van der Waals surface area contributed by atoms with Crippen molar-refractivity contribution in [2.75, 3.05) is 18.8 Å². The number of rotatable bonds is 4. The van der Waals surface area contributed by atoms with Crippen molar-refractivity contribution >= 4 is 44.6 Å². The molecule has 0 atom stereocenters. The summed E-state index contributed by atoms with van der Waals surface area (Å²) in [5.41, 5.74) is 6.55. The molecular weight excluding hydrogens is 280 g/mol. The maximum atomic E-state index is 12.4. The quantitative estimate of drug-likeness (QED) is 0.872. The Kier molecular flexibility index (Phi) is 4.12. The average molecular weight is 295 g/mol. The molecule has 1 heterocycles. The van der Waals surface area contributed by atoms with Gasteiger partial charge in [-0.05, 0) is 19.1 Å². The minimum atomic E-state index is -0.0721. The van der Waals surface area contributed by atoms with Crippen molar-refractivity contribution in [3.05, 3.63) is 40.8 Å². The molecule has 2 aromatic rings. The van der Waals surface area contributed by atoms with Crippen molar-refractivity contribution < 1.29 is 4.79 Å². The summed E-state index contributed by atoms with van der Waals surface area (Å²) in [6, 6.07) is 5.56. The molecule has 0 aliphatic heterocycles. The summed E-state index contributed by atoms with van der Waals surface area (Å²) in [5.74, 6) is -0.0721. The van der Waals surface area contributed by atoms with Gasteiger partial charge in [-0.25, -0.2) is 0 Å². The van der Waals surface area contributed by atoms with Crippen LogP contribution in [0.5, 0.6) is 0 Å². The van der Waals surface area contributed by atoms with Crippen LogP contribution in [0.15, 0.2) is 30.9 Å². The van der Waals surface area contributed by atoms with Gasteiger partial charge in [0, 0.05) is 23.2 Å². The summed E-state index contributed by atoms with van der Waals surface area (Å²) in [5, 5.41) is 1.35. The number of amides is 1. The highest BCUT2D eigenvalue weighted by Crippen LogP contribution is 2.38. The largest absolute Gasteiger partial charge is 0.397 e. The van der Waals surface area contributed by atoms with Gasteiger partial charge in [-0.2, -0.15) is 0 Å². The fourth-order valence-electron chi connectivity index (χ4n) is 1.94. The molecule has 19 heavy (non-hydrogen) atoms. The lowest BCUT2D eigenvalue weighted by atomic mass is 10.2. The standard InChI is InChI=1S/C14H15ClN2OS/c1-3-8-17(4-2)14(18)13-12(16)11-9(15)6-5-7-10(11)19-13/h3,5-7H,1,4,8,16H2,2H3. The molecule has 1 aromatic carbocycles. The van der Waals surface area contributed by atoms with E-state index >= 15 is 0 Å². The van der Waals surface area contributed by atoms with Crippen LogP contribution in [0.1, 0.15) is 16.6 Å². The normalized spacial score (nSPS) is 10.6. The summed E-state index contributed by atoms with van der Waals surface area (Å²) >= 11 is 7.52. The molecule has 0 saturated carbocycles. The number of nitrogens with two attached hydrogens (primary N) is 1. The Labute approximate surface area is 121 Å². The van der Waals surface area contributed by atoms with Crippen molar-refractivity contribution in [3.8, 4) is 0 Å². The molecule has 0 fully saturated rings. The number of benzene rings is 1. The third-order valence-corrected chi connectivity index (χ3v) is 4.39. The van der Waals surface area contributed by atoms with Crippen molar-refractivity contribution in [2.24, 2.45) is 0 Å². The van der Waals surface area contributed by atoms with Crippen LogP contribution in [-0.4, -0.2) is 23.9 Å². The third-order valence-electron chi connectivity index (χ3n) is 2.91. The highest BCUT2D eigenvalue weighted by Gasteiger charge is 2.21. The van der Waals surface area contributed by atoms with Crippen LogP contribution < -0.4 is 5.73 Å². The minimum absolute atomic E-state index is 0.0721. The fraction of sp³-hybridized carbons (Fsp3) is 0.214. The molecule has 3 nitrogen and oxygen atoms in total. The van der Waals surface area contributed by atoms with E-state index in [0.717, 1.165) is 10.1 Å². The van der Waals surface area contributed by atoms with Gasteiger partial charge in [0.1, 0.15) is 4.88 Å². The second-order valence-corrected chi connectivity index (χ2v) is 5.55. The lowest BCUT2D eigenvalue weighted by Gasteiger charge is -2.18. The molecule has 2 rings (SSSR count). The predicted molar refractivity (Wildman–Crippen MR) is 83.0 cm³/mol. The molecule has 100 valence electrons. The molecule has 0 spiro atoms. The van der Waals surface area contributed by atoms with Gasteiger partial charge in [-0.1, -0.05) is 23.7 Å². The average Bonchev–Trinajstić information content (AvgIpc) is 2.74. The molecule has 0 saturated heterocycles. The first-order valence-corrected chi connectivity index (χ1v) is 7.16. The van der Waals surface area contributed by atoms with E-state index in [1.165, 1.54) is 11.3 Å². The number of carbonyl (C=O) groups is 1. The molecule has 1 amide bonds. The van der Waals surface area contributed by atoms with Crippen LogP contribution in [-0.2, 0) is 0 Å². The molecule has 0 unspecified atom stereocenters. The number of likely N-dealkylation sites (N-methyl/N-ethyl adjacent to an activating group) is 1. The van der Waals surface area contributed by atoms with E-state index in [4.69, 9.17) is 17.3 Å². The molecule has 1 aromatic heterocycles. The Bertz CT molecular complexity index is 636. The smallest absolute Gasteiger partial charge is 0.266 e. The number of thiophene rings is 1. The van der Waals surface area contributed by atoms with Gasteiger partial charge in [0.25, 0.3) is 5.91 Å². The van der Waals surface area contributed by atoms with Crippen LogP contribution in [0.25, 0.3) is 10.1 Å². The molecule has 0 aliphatic carbocycles. The van der Waals surface area contributed by atoms with Crippen LogP contribution in [0.4, 0.5) is 5.69 Å². The van der Waals surface area contributed by atoms with Crippen molar-refractivity contribution in [1.82, 2.24) is 4.90 Å². The molecular formula is C14H15ClN2OS. The monoisotopic (exact) mass is 294 g/mol. The van der Waals surface area contributed by atoms with E-state index in [9.17, 15) is 4.79 Å². The van der Waals surface area contributed by atoms with E-state index < -0.39 is 0 Å². The summed E-state index contributed by atoms with van der Waals surface area (Å²) in [4.78, 5) is 14.7. The maximum absolute atomic E-state index is 12.4. The van der Waals surface area contributed by atoms with Crippen molar-refractivity contribution in [2.45, 2.75) is 6.92 Å². The fourth-order valence-corrected chi connectivity index (χ4v) is 3.39. The Balaban J connectivity index is 2.51. The molecule has 5 heteroatoms. The number of fused-ring (bicyclic) bond motifs is 1. The minimum Gasteiger partial charge on any atom is -0.397 e. The lowest BCUT2D eigenvalue weighted by Crippen LogP contribution is -2.30. The van der Waals surface area contributed by atoms with Gasteiger partial charge in [0.05, 0.1) is 10.7 Å². The number of nitrogen functional groups attached to an aromatic ring is 1. The zero-order chi connectivity index (χ0) is 14.0. The Morgan fingerprint density at radius 1 is 1.58 bits per heavy atom. The summed E-state index contributed by atoms with van der Waals surface area (Å²) in [6.45, 7) is 6.72. The molecule has 0 aliphatic rings. The second kappa shape index (κ2) is 5.63. The zero-order valence-corrected chi connectivity index (χ0v) is 12.2. The number of carbonyl (C=O) groups excluding carboxylic acids is 1. The van der Waals surface area contributed by atoms with Crippen LogP contribution in [0, 0.1) is 0 Å². The summed E-state index contributed by atoms with van der Waals surface area (Å²) in [7, 11) is 0. The van der Waals surface area contributed by atoms with E-state index in [1.54, 1.807) is 17.0 Å². The number of hydrogen-bond donors (Lipinski definition) is 1. The molecule has 2 N–H and O–H groups in total. The van der Waals surface area contributed by atoms with Gasteiger partial charge in [-0.3, -0.25) is 4.79 Å². The Hall–Kier alpha value is -1.52.